The molecule has 1 aromatic rings. The van der Waals surface area contributed by atoms with Crippen LogP contribution in [-0.2, 0) is 27.2 Å². The molecule has 3 heterocycles. The first kappa shape index (κ1) is 22.6. The van der Waals surface area contributed by atoms with Gasteiger partial charge in [-0.05, 0) is 75.8 Å². The minimum atomic E-state index is -0.0806. The van der Waals surface area contributed by atoms with E-state index in [1.807, 2.05) is 18.7 Å². The summed E-state index contributed by atoms with van der Waals surface area (Å²) in [6.45, 7) is 6.60. The number of carbonyl (C=O) groups excluding carboxylic acids is 2. The molecule has 0 radical (unpaired) electrons. The van der Waals surface area contributed by atoms with Crippen molar-refractivity contribution in [2.45, 2.75) is 84.2 Å². The lowest BCUT2D eigenvalue weighted by molar-refractivity contribution is -0.148. The van der Waals surface area contributed by atoms with Crippen LogP contribution in [0.3, 0.4) is 0 Å². The Kier molecular flexibility index (Phi) is 8.52. The Morgan fingerprint density at radius 2 is 2.07 bits per heavy atom. The highest BCUT2D eigenvalue weighted by atomic mass is 16.5. The molecule has 0 bridgehead atoms. The van der Waals surface area contributed by atoms with Gasteiger partial charge in [0.2, 0.25) is 5.91 Å². The lowest BCUT2D eigenvalue weighted by Crippen LogP contribution is -2.38. The van der Waals surface area contributed by atoms with Crippen LogP contribution in [-0.4, -0.2) is 47.5 Å². The number of nitrogens with one attached hydrogen (secondary N) is 1. The van der Waals surface area contributed by atoms with Gasteiger partial charge in [-0.15, -0.1) is 0 Å². The van der Waals surface area contributed by atoms with Crippen LogP contribution in [0.2, 0.25) is 0 Å². The van der Waals surface area contributed by atoms with Crippen LogP contribution in [0.4, 0.5) is 5.82 Å². The summed E-state index contributed by atoms with van der Waals surface area (Å²) < 4.78 is 5.33. The number of nitrogens with zero attached hydrogens (tertiary/aromatic N) is 2. The molecule has 6 heteroatoms. The summed E-state index contributed by atoms with van der Waals surface area (Å²) in [6.07, 6.45) is 8.84. The van der Waals surface area contributed by atoms with Crippen molar-refractivity contribution >= 4 is 17.7 Å². The zero-order valence-corrected chi connectivity index (χ0v) is 18.6. The zero-order valence-electron chi connectivity index (χ0n) is 18.6. The highest BCUT2D eigenvalue weighted by molar-refractivity contribution is 5.76. The topological polar surface area (TPSA) is 71.5 Å². The quantitative estimate of drug-likeness (QED) is 0.614. The molecule has 0 saturated carbocycles. The second-order valence-corrected chi connectivity index (χ2v) is 8.77. The number of esters is 1. The molecule has 0 aliphatic carbocycles. The number of carbonyl (C=O) groups is 2. The summed E-state index contributed by atoms with van der Waals surface area (Å²) in [5, 5.41) is 3.36. The molecular formula is C24H37N3O3. The van der Waals surface area contributed by atoms with Crippen molar-refractivity contribution in [3.05, 3.63) is 23.4 Å². The highest BCUT2D eigenvalue weighted by Crippen LogP contribution is 2.24. The maximum atomic E-state index is 12.6. The fraction of sp³-hybridized carbons (Fsp3) is 0.708. The Bertz CT molecular complexity index is 714. The van der Waals surface area contributed by atoms with Gasteiger partial charge >= 0.3 is 5.97 Å². The third-order valence-corrected chi connectivity index (χ3v) is 6.41. The highest BCUT2D eigenvalue weighted by Gasteiger charge is 2.23. The largest absolute Gasteiger partial charge is 0.463 e. The third kappa shape index (κ3) is 6.71. The summed E-state index contributed by atoms with van der Waals surface area (Å²) in [7, 11) is 0. The molecule has 2 aliphatic heterocycles. The van der Waals surface area contributed by atoms with Crippen molar-refractivity contribution in [2.24, 2.45) is 5.92 Å². The molecule has 1 fully saturated rings. The number of piperidine rings is 1. The molecule has 2 aliphatic rings. The van der Waals surface area contributed by atoms with E-state index in [0.717, 1.165) is 76.1 Å². The maximum absolute atomic E-state index is 12.6. The molecule has 1 atom stereocenters. The second kappa shape index (κ2) is 11.3. The summed E-state index contributed by atoms with van der Waals surface area (Å²) in [4.78, 5) is 31.1. The molecule has 1 saturated heterocycles. The summed E-state index contributed by atoms with van der Waals surface area (Å²) in [6, 6.07) is 4.22. The average molecular weight is 416 g/mol. The number of hydrogen-bond donors (Lipinski definition) is 1. The summed E-state index contributed by atoms with van der Waals surface area (Å²) >= 11 is 0. The molecule has 1 N–H and O–H groups in total. The molecule has 0 spiro atoms. The number of fused-ring (bicyclic) bond motifs is 1. The minimum Gasteiger partial charge on any atom is -0.463 e. The van der Waals surface area contributed by atoms with Gasteiger partial charge in [0.1, 0.15) is 5.82 Å². The fourth-order valence-electron chi connectivity index (χ4n) is 4.27. The van der Waals surface area contributed by atoms with Gasteiger partial charge < -0.3 is 15.0 Å². The van der Waals surface area contributed by atoms with E-state index in [1.54, 1.807) is 0 Å². The van der Waals surface area contributed by atoms with E-state index in [4.69, 9.17) is 9.72 Å². The van der Waals surface area contributed by atoms with Gasteiger partial charge in [-0.2, -0.15) is 0 Å². The zero-order chi connectivity index (χ0) is 21.3. The SMILES string of the molecule is CCC(C)OC(=O)CCCC1CCN(C(=O)CCc2ccc3c(n2)NCCC3)CC1. The Balaban J connectivity index is 1.33. The maximum Gasteiger partial charge on any atom is 0.306 e. The number of anilines is 1. The number of aromatic nitrogens is 1. The van der Waals surface area contributed by atoms with Crippen LogP contribution in [0, 0.1) is 5.92 Å². The van der Waals surface area contributed by atoms with Gasteiger partial charge in [0, 0.05) is 38.2 Å². The van der Waals surface area contributed by atoms with Gasteiger partial charge in [0.05, 0.1) is 6.10 Å². The van der Waals surface area contributed by atoms with E-state index in [2.05, 4.69) is 17.4 Å². The molecule has 1 unspecified atom stereocenters. The fourth-order valence-corrected chi connectivity index (χ4v) is 4.27. The first-order valence-corrected chi connectivity index (χ1v) is 11.7. The second-order valence-electron chi connectivity index (χ2n) is 8.77. The average Bonchev–Trinajstić information content (AvgIpc) is 2.77. The number of hydrogen-bond acceptors (Lipinski definition) is 5. The predicted octanol–water partition coefficient (Wildman–Crippen LogP) is 4.12. The number of pyridine rings is 1. The first-order chi connectivity index (χ1) is 14.5. The predicted molar refractivity (Wildman–Crippen MR) is 118 cm³/mol. The lowest BCUT2D eigenvalue weighted by atomic mass is 9.91. The van der Waals surface area contributed by atoms with Crippen molar-refractivity contribution in [2.75, 3.05) is 25.0 Å². The van der Waals surface area contributed by atoms with Crippen LogP contribution >= 0.6 is 0 Å². The molecule has 1 aromatic heterocycles. The van der Waals surface area contributed by atoms with E-state index < -0.39 is 0 Å². The van der Waals surface area contributed by atoms with Crippen LogP contribution in [0.5, 0.6) is 0 Å². The van der Waals surface area contributed by atoms with E-state index in [-0.39, 0.29) is 18.0 Å². The Labute approximate surface area is 180 Å². The number of amides is 1. The van der Waals surface area contributed by atoms with Gasteiger partial charge in [-0.25, -0.2) is 4.98 Å². The van der Waals surface area contributed by atoms with E-state index in [0.29, 0.717) is 25.2 Å². The van der Waals surface area contributed by atoms with E-state index >= 15 is 0 Å². The van der Waals surface area contributed by atoms with Crippen LogP contribution in [0.1, 0.15) is 76.5 Å². The summed E-state index contributed by atoms with van der Waals surface area (Å²) in [5.74, 6) is 1.76. The smallest absolute Gasteiger partial charge is 0.306 e. The van der Waals surface area contributed by atoms with Crippen LogP contribution in [0.15, 0.2) is 12.1 Å². The Hall–Kier alpha value is -2.11. The van der Waals surface area contributed by atoms with Gasteiger partial charge in [-0.1, -0.05) is 13.0 Å². The van der Waals surface area contributed by atoms with Crippen LogP contribution in [0.25, 0.3) is 0 Å². The van der Waals surface area contributed by atoms with Gasteiger partial charge in [0.25, 0.3) is 0 Å². The van der Waals surface area contributed by atoms with Crippen molar-refractivity contribution in [1.82, 2.24) is 9.88 Å². The Morgan fingerprint density at radius 1 is 1.27 bits per heavy atom. The molecule has 1 amide bonds. The molecule has 30 heavy (non-hydrogen) atoms. The first-order valence-electron chi connectivity index (χ1n) is 11.7. The Morgan fingerprint density at radius 3 is 2.83 bits per heavy atom. The summed E-state index contributed by atoms with van der Waals surface area (Å²) in [5.41, 5.74) is 2.28. The number of likely N-dealkylation sites (tertiary alicyclic amines) is 1. The van der Waals surface area contributed by atoms with E-state index in [1.165, 1.54) is 5.56 Å². The van der Waals surface area contributed by atoms with Crippen molar-refractivity contribution < 1.29 is 14.3 Å². The molecule has 0 aromatic carbocycles. The third-order valence-electron chi connectivity index (χ3n) is 6.41. The number of aryl methyl sites for hydroxylation is 2. The van der Waals surface area contributed by atoms with E-state index in [9.17, 15) is 9.59 Å². The van der Waals surface area contributed by atoms with Crippen molar-refractivity contribution in [3.63, 3.8) is 0 Å². The minimum absolute atomic E-state index is 0.0134. The normalized spacial score (nSPS) is 17.7. The number of rotatable bonds is 9. The molecule has 166 valence electrons. The van der Waals surface area contributed by atoms with Crippen molar-refractivity contribution in [3.8, 4) is 0 Å². The lowest BCUT2D eigenvalue weighted by Gasteiger charge is -2.32. The monoisotopic (exact) mass is 415 g/mol. The van der Waals surface area contributed by atoms with Gasteiger partial charge in [-0.3, -0.25) is 9.59 Å². The molecule has 3 rings (SSSR count). The molecule has 6 nitrogen and oxygen atoms in total. The number of ether oxygens (including phenoxy) is 1. The van der Waals surface area contributed by atoms with Crippen LogP contribution < -0.4 is 5.32 Å². The van der Waals surface area contributed by atoms with Crippen molar-refractivity contribution in [1.29, 1.82) is 0 Å². The standard InChI is InChI=1S/C24H37N3O3/c1-3-18(2)30-23(29)8-4-6-19-13-16-27(17-14-19)22(28)12-11-21-10-9-20-7-5-15-25-24(20)26-21/h9-10,18-19H,3-8,11-17H2,1-2H3,(H,25,26). The molecular weight excluding hydrogens is 378 g/mol. The van der Waals surface area contributed by atoms with Gasteiger partial charge in [0.15, 0.2) is 0 Å².